The second kappa shape index (κ2) is 9.16. The second-order valence-electron chi connectivity index (χ2n) is 6.13. The fraction of sp³-hybridized carbons (Fsp3) is 0.0455. The van der Waals surface area contributed by atoms with Crippen molar-refractivity contribution < 1.29 is 19.4 Å². The van der Waals surface area contributed by atoms with Crippen molar-refractivity contribution in [3.63, 3.8) is 0 Å². The number of nitrogens with zero attached hydrogens (tertiary/aromatic N) is 1. The molecule has 0 bridgehead atoms. The third-order valence-electron chi connectivity index (χ3n) is 4.04. The number of amides is 1. The molecule has 3 rings (SSSR count). The third kappa shape index (κ3) is 5.30. The fourth-order valence-corrected chi connectivity index (χ4v) is 2.89. The molecule has 0 atom stereocenters. The molecular weight excluding hydrogens is 436 g/mol. The Balaban J connectivity index is 1.75. The molecule has 1 amide bonds. The Morgan fingerprint density at radius 2 is 1.79 bits per heavy atom. The lowest BCUT2D eigenvalue weighted by Crippen LogP contribution is -2.17. The van der Waals surface area contributed by atoms with E-state index < -0.39 is 11.9 Å². The first-order valence-electron chi connectivity index (χ1n) is 8.64. The standard InChI is InChI=1S/C22H17BrN2O4/c1-14-4-2-3-5-19(14)22(28)29-20-11-8-17(23)12-16(20)13-24-25-21(27)15-6-9-18(26)10-7-15/h2-13,26H,1H3,(H,25,27)/b24-13-. The predicted octanol–water partition coefficient (Wildman–Crippen LogP) is 4.45. The maximum Gasteiger partial charge on any atom is 0.343 e. The molecule has 0 saturated heterocycles. The normalized spacial score (nSPS) is 10.7. The maximum absolute atomic E-state index is 12.5. The summed E-state index contributed by atoms with van der Waals surface area (Å²) in [4.78, 5) is 24.6. The summed E-state index contributed by atoms with van der Waals surface area (Å²) in [5.74, 6) is -0.536. The van der Waals surface area contributed by atoms with Gasteiger partial charge >= 0.3 is 5.97 Å². The number of hydrazone groups is 1. The van der Waals surface area contributed by atoms with E-state index in [0.29, 0.717) is 22.4 Å². The van der Waals surface area contributed by atoms with E-state index in [4.69, 9.17) is 4.74 Å². The third-order valence-corrected chi connectivity index (χ3v) is 4.53. The van der Waals surface area contributed by atoms with Gasteiger partial charge in [0.2, 0.25) is 0 Å². The van der Waals surface area contributed by atoms with Crippen LogP contribution in [0, 0.1) is 6.92 Å². The van der Waals surface area contributed by atoms with Crippen LogP contribution in [-0.2, 0) is 0 Å². The quantitative estimate of drug-likeness (QED) is 0.259. The Morgan fingerprint density at radius 1 is 1.07 bits per heavy atom. The average molecular weight is 453 g/mol. The van der Waals surface area contributed by atoms with Gasteiger partial charge in [0.25, 0.3) is 5.91 Å². The molecule has 6 nitrogen and oxygen atoms in total. The number of aryl methyl sites for hydroxylation is 1. The van der Waals surface area contributed by atoms with Crippen molar-refractivity contribution in [2.45, 2.75) is 6.92 Å². The Morgan fingerprint density at radius 3 is 2.52 bits per heavy atom. The van der Waals surface area contributed by atoms with E-state index in [9.17, 15) is 14.7 Å². The number of phenols is 1. The van der Waals surface area contributed by atoms with Gasteiger partial charge < -0.3 is 9.84 Å². The summed E-state index contributed by atoms with van der Waals surface area (Å²) in [6, 6.07) is 18.0. The number of benzene rings is 3. The van der Waals surface area contributed by atoms with E-state index in [2.05, 4.69) is 26.5 Å². The predicted molar refractivity (Wildman–Crippen MR) is 113 cm³/mol. The number of carbonyl (C=O) groups excluding carboxylic acids is 2. The van der Waals surface area contributed by atoms with Crippen molar-refractivity contribution in [1.82, 2.24) is 5.43 Å². The highest BCUT2D eigenvalue weighted by Gasteiger charge is 2.13. The van der Waals surface area contributed by atoms with Crippen molar-refractivity contribution in [3.8, 4) is 11.5 Å². The Labute approximate surface area is 176 Å². The largest absolute Gasteiger partial charge is 0.508 e. The number of esters is 1. The molecular formula is C22H17BrN2O4. The zero-order valence-electron chi connectivity index (χ0n) is 15.4. The Kier molecular flexibility index (Phi) is 6.41. The Bertz CT molecular complexity index is 1080. The van der Waals surface area contributed by atoms with Crippen molar-refractivity contribution in [3.05, 3.63) is 93.5 Å². The highest BCUT2D eigenvalue weighted by atomic mass is 79.9. The van der Waals surface area contributed by atoms with Gasteiger partial charge in [-0.15, -0.1) is 0 Å². The van der Waals surface area contributed by atoms with Crippen LogP contribution in [0.1, 0.15) is 31.8 Å². The lowest BCUT2D eigenvalue weighted by atomic mass is 10.1. The highest BCUT2D eigenvalue weighted by molar-refractivity contribution is 9.10. The SMILES string of the molecule is Cc1ccccc1C(=O)Oc1ccc(Br)cc1/C=N\NC(=O)c1ccc(O)cc1. The number of hydrogen-bond donors (Lipinski definition) is 2. The number of carbonyl (C=O) groups is 2. The van der Waals surface area contributed by atoms with Crippen molar-refractivity contribution in [2.75, 3.05) is 0 Å². The molecule has 146 valence electrons. The Hall–Kier alpha value is -3.45. The lowest BCUT2D eigenvalue weighted by molar-refractivity contribution is 0.0733. The van der Waals surface area contributed by atoms with Crippen LogP contribution in [0.15, 0.2) is 76.3 Å². The van der Waals surface area contributed by atoms with Crippen molar-refractivity contribution >= 4 is 34.0 Å². The smallest absolute Gasteiger partial charge is 0.343 e. The van der Waals surface area contributed by atoms with Gasteiger partial charge in [-0.3, -0.25) is 4.79 Å². The van der Waals surface area contributed by atoms with Gasteiger partial charge in [0, 0.05) is 15.6 Å². The number of halogens is 1. The molecule has 3 aromatic carbocycles. The summed E-state index contributed by atoms with van der Waals surface area (Å²) in [6.45, 7) is 1.83. The minimum atomic E-state index is -0.479. The van der Waals surface area contributed by atoms with Crippen LogP contribution in [0.25, 0.3) is 0 Å². The molecule has 0 unspecified atom stereocenters. The summed E-state index contributed by atoms with van der Waals surface area (Å²) in [7, 11) is 0. The molecule has 0 fully saturated rings. The molecule has 29 heavy (non-hydrogen) atoms. The molecule has 0 radical (unpaired) electrons. The van der Waals surface area contributed by atoms with Gasteiger partial charge in [0.05, 0.1) is 11.8 Å². The first-order valence-corrected chi connectivity index (χ1v) is 9.43. The van der Waals surface area contributed by atoms with Gasteiger partial charge in [0.15, 0.2) is 0 Å². The van der Waals surface area contributed by atoms with Crippen LogP contribution in [0.3, 0.4) is 0 Å². The number of ether oxygens (including phenoxy) is 1. The van der Waals surface area contributed by atoms with Gasteiger partial charge in [-0.25, -0.2) is 10.2 Å². The molecule has 0 aromatic heterocycles. The van der Waals surface area contributed by atoms with E-state index in [-0.39, 0.29) is 5.75 Å². The number of phenolic OH excluding ortho intramolecular Hbond substituents is 1. The highest BCUT2D eigenvalue weighted by Crippen LogP contribution is 2.23. The zero-order valence-corrected chi connectivity index (χ0v) is 17.0. The maximum atomic E-state index is 12.5. The van der Waals surface area contributed by atoms with Crippen LogP contribution in [0.5, 0.6) is 11.5 Å². The number of hydrogen-bond acceptors (Lipinski definition) is 5. The zero-order chi connectivity index (χ0) is 20.8. The van der Waals surface area contributed by atoms with Crippen LogP contribution in [0.2, 0.25) is 0 Å². The molecule has 0 saturated carbocycles. The number of rotatable bonds is 5. The minimum Gasteiger partial charge on any atom is -0.508 e. The molecule has 0 aliphatic carbocycles. The van der Waals surface area contributed by atoms with E-state index in [0.717, 1.165) is 10.0 Å². The first kappa shape index (κ1) is 20.3. The number of aromatic hydroxyl groups is 1. The van der Waals surface area contributed by atoms with Gasteiger partial charge in [-0.1, -0.05) is 34.1 Å². The van der Waals surface area contributed by atoms with Crippen LogP contribution < -0.4 is 10.2 Å². The van der Waals surface area contributed by atoms with E-state index in [1.807, 2.05) is 19.1 Å². The minimum absolute atomic E-state index is 0.0688. The summed E-state index contributed by atoms with van der Waals surface area (Å²) < 4.78 is 6.29. The van der Waals surface area contributed by atoms with Crippen molar-refractivity contribution in [2.24, 2.45) is 5.10 Å². The average Bonchev–Trinajstić information content (AvgIpc) is 2.70. The summed E-state index contributed by atoms with van der Waals surface area (Å²) in [6.07, 6.45) is 1.39. The van der Waals surface area contributed by atoms with Crippen molar-refractivity contribution in [1.29, 1.82) is 0 Å². The van der Waals surface area contributed by atoms with Gasteiger partial charge in [-0.05, 0) is 61.0 Å². The van der Waals surface area contributed by atoms with Gasteiger partial charge in [-0.2, -0.15) is 5.10 Å². The molecule has 0 aliphatic rings. The number of nitrogens with one attached hydrogen (secondary N) is 1. The monoisotopic (exact) mass is 452 g/mol. The summed E-state index contributed by atoms with van der Waals surface area (Å²) in [5.41, 5.74) is 4.54. The molecule has 7 heteroatoms. The molecule has 0 spiro atoms. The summed E-state index contributed by atoms with van der Waals surface area (Å²) in [5, 5.41) is 13.2. The van der Waals surface area contributed by atoms with Gasteiger partial charge in [0.1, 0.15) is 11.5 Å². The van der Waals surface area contributed by atoms with E-state index >= 15 is 0 Å². The van der Waals surface area contributed by atoms with Crippen LogP contribution in [-0.4, -0.2) is 23.2 Å². The van der Waals surface area contributed by atoms with Crippen LogP contribution >= 0.6 is 15.9 Å². The van der Waals surface area contributed by atoms with E-state index in [1.165, 1.54) is 30.5 Å². The fourth-order valence-electron chi connectivity index (χ4n) is 2.51. The topological polar surface area (TPSA) is 88.0 Å². The lowest BCUT2D eigenvalue weighted by Gasteiger charge is -2.09. The first-order chi connectivity index (χ1) is 13.9. The molecule has 3 aromatic rings. The second-order valence-corrected chi connectivity index (χ2v) is 7.05. The van der Waals surface area contributed by atoms with E-state index in [1.54, 1.807) is 30.3 Å². The van der Waals surface area contributed by atoms with Crippen LogP contribution in [0.4, 0.5) is 0 Å². The summed E-state index contributed by atoms with van der Waals surface area (Å²) >= 11 is 3.37. The molecule has 0 heterocycles. The molecule has 2 N–H and O–H groups in total. The molecule has 0 aliphatic heterocycles.